The van der Waals surface area contributed by atoms with Gasteiger partial charge in [-0.3, -0.25) is 4.99 Å². The Balaban J connectivity index is 0.000000552. The second-order valence-corrected chi connectivity index (χ2v) is 7.17. The van der Waals surface area contributed by atoms with E-state index in [4.69, 9.17) is 45.3 Å². The normalized spacial score (nSPS) is 12.5. The van der Waals surface area contributed by atoms with Crippen LogP contribution < -0.4 is 10.5 Å². The Morgan fingerprint density at radius 1 is 1.19 bits per heavy atom. The molecule has 0 amide bonds. The smallest absolute Gasteiger partial charge is 0.417 e. The van der Waals surface area contributed by atoms with Gasteiger partial charge in [0.1, 0.15) is 18.0 Å². The highest BCUT2D eigenvalue weighted by molar-refractivity contribution is 7.86. The van der Waals surface area contributed by atoms with Crippen molar-refractivity contribution in [2.24, 2.45) is 4.99 Å². The van der Waals surface area contributed by atoms with E-state index in [1.54, 1.807) is 12.3 Å². The van der Waals surface area contributed by atoms with Gasteiger partial charge in [-0.25, -0.2) is 0 Å². The number of nitrogen functional groups attached to an aromatic ring is 1. The molecular weight excluding hydrogens is 432 g/mol. The van der Waals surface area contributed by atoms with Gasteiger partial charge in [-0.05, 0) is 29.8 Å². The first-order valence-electron chi connectivity index (χ1n) is 6.90. The predicted octanol–water partition coefficient (Wildman–Crippen LogP) is 6.45. The first-order chi connectivity index (χ1) is 12.1. The highest BCUT2D eigenvalue weighted by Gasteiger charge is 2.35. The summed E-state index contributed by atoms with van der Waals surface area (Å²) in [6.45, 7) is 0.336. The molecule has 0 saturated heterocycles. The Kier molecular flexibility index (Phi) is 6.74. The van der Waals surface area contributed by atoms with E-state index in [9.17, 15) is 13.2 Å². The lowest BCUT2D eigenvalue weighted by molar-refractivity contribution is -0.137. The van der Waals surface area contributed by atoms with Crippen LogP contribution in [0.3, 0.4) is 0 Å². The number of fused-ring (bicyclic) bond motifs is 1. The quantitative estimate of drug-likeness (QED) is 0.314. The molecule has 3 nitrogen and oxygen atoms in total. The molecule has 2 aromatic carbocycles. The number of benzene rings is 2. The molecule has 26 heavy (non-hydrogen) atoms. The van der Waals surface area contributed by atoms with Gasteiger partial charge in [0.2, 0.25) is 0 Å². The van der Waals surface area contributed by atoms with Crippen molar-refractivity contribution < 1.29 is 17.9 Å². The molecule has 10 heteroatoms. The fraction of sp³-hybridized carbons (Fsp3) is 0.125. The summed E-state index contributed by atoms with van der Waals surface area (Å²) in [7, 11) is 0. The molecule has 0 radical (unpaired) electrons. The fourth-order valence-corrected chi connectivity index (χ4v) is 2.64. The van der Waals surface area contributed by atoms with E-state index in [-0.39, 0.29) is 20.1 Å². The molecule has 1 heterocycles. The second kappa shape index (κ2) is 8.43. The van der Waals surface area contributed by atoms with E-state index in [0.29, 0.717) is 23.6 Å². The maximum Gasteiger partial charge on any atom is 0.417 e. The molecule has 0 bridgehead atoms. The predicted molar refractivity (Wildman–Crippen MR) is 104 cm³/mol. The summed E-state index contributed by atoms with van der Waals surface area (Å²) in [6.07, 6.45) is -3.02. The average molecular weight is 442 g/mol. The number of hydrogen-bond acceptors (Lipinski definition) is 4. The minimum atomic E-state index is -4.57. The van der Waals surface area contributed by atoms with E-state index in [1.165, 1.54) is 18.2 Å². The lowest BCUT2D eigenvalue weighted by Gasteiger charge is -2.17. The molecule has 3 rings (SSSR count). The van der Waals surface area contributed by atoms with Gasteiger partial charge in [0.25, 0.3) is 0 Å². The molecule has 0 atom stereocenters. The van der Waals surface area contributed by atoms with Crippen molar-refractivity contribution in [3.63, 3.8) is 0 Å². The molecule has 1 aliphatic heterocycles. The lowest BCUT2D eigenvalue weighted by atomic mass is 9.97. The molecule has 0 aromatic heterocycles. The van der Waals surface area contributed by atoms with Crippen LogP contribution in [0.2, 0.25) is 5.02 Å². The van der Waals surface area contributed by atoms with Crippen LogP contribution in [-0.4, -0.2) is 16.6 Å². The first-order valence-corrected chi connectivity index (χ1v) is 8.44. The number of ether oxygens (including phenoxy) is 1. The van der Waals surface area contributed by atoms with Gasteiger partial charge in [0.05, 0.1) is 10.6 Å². The summed E-state index contributed by atoms with van der Waals surface area (Å²) >= 11 is 19.6. The average Bonchev–Trinajstić information content (AvgIpc) is 2.52. The molecule has 0 aliphatic carbocycles. The maximum atomic E-state index is 13.3. The zero-order chi connectivity index (χ0) is 19.5. The number of nitrogens with two attached hydrogens (primary N) is 1. The summed E-state index contributed by atoms with van der Waals surface area (Å²) in [4.78, 5) is 4.12. The van der Waals surface area contributed by atoms with Crippen molar-refractivity contribution in [3.8, 4) is 16.9 Å². The van der Waals surface area contributed by atoms with Crippen molar-refractivity contribution in [3.05, 3.63) is 40.9 Å². The maximum absolute atomic E-state index is 13.3. The van der Waals surface area contributed by atoms with Crippen LogP contribution in [0.5, 0.6) is 5.75 Å². The van der Waals surface area contributed by atoms with Crippen LogP contribution in [0.4, 0.5) is 24.5 Å². The first kappa shape index (κ1) is 20.8. The van der Waals surface area contributed by atoms with E-state index in [1.807, 2.05) is 0 Å². The number of nitrogens with zero attached hydrogens (tertiary/aromatic N) is 1. The van der Waals surface area contributed by atoms with Crippen molar-refractivity contribution >= 4 is 68.4 Å². The number of anilines is 1. The number of aliphatic imine (C=N–C) groups is 1. The minimum Gasteiger partial charge on any atom is -0.486 e. The van der Waals surface area contributed by atoms with Crippen LogP contribution in [0.15, 0.2) is 35.3 Å². The molecule has 2 aromatic rings. The van der Waals surface area contributed by atoms with Crippen LogP contribution >= 0.6 is 47.0 Å². The third-order valence-electron chi connectivity index (χ3n) is 3.21. The lowest BCUT2D eigenvalue weighted by Crippen LogP contribution is -2.09. The fourth-order valence-electron chi connectivity index (χ4n) is 2.30. The van der Waals surface area contributed by atoms with Crippen molar-refractivity contribution in [2.75, 3.05) is 12.3 Å². The number of halogens is 6. The van der Waals surface area contributed by atoms with Crippen molar-refractivity contribution in [1.82, 2.24) is 0 Å². The van der Waals surface area contributed by atoms with Gasteiger partial charge < -0.3 is 10.5 Å². The molecule has 138 valence electrons. The van der Waals surface area contributed by atoms with E-state index < -0.39 is 11.7 Å². The summed E-state index contributed by atoms with van der Waals surface area (Å²) in [5.74, 6) is 0.520. The molecular formula is C16H10Cl3F3N2OS. The number of rotatable bonds is 1. The van der Waals surface area contributed by atoms with E-state index in [2.05, 4.69) is 17.2 Å². The summed E-state index contributed by atoms with van der Waals surface area (Å²) < 4.78 is 45.1. The van der Waals surface area contributed by atoms with Crippen LogP contribution in [-0.2, 0) is 6.18 Å². The summed E-state index contributed by atoms with van der Waals surface area (Å²) in [5, 5.41) is -0.0621. The zero-order valence-electron chi connectivity index (χ0n) is 12.8. The Morgan fingerprint density at radius 2 is 1.85 bits per heavy atom. The summed E-state index contributed by atoms with van der Waals surface area (Å²) in [5.41, 5.74) is 5.22. The van der Waals surface area contributed by atoms with Gasteiger partial charge in [-0.1, -0.05) is 53.1 Å². The van der Waals surface area contributed by atoms with E-state index >= 15 is 0 Å². The Labute approximate surface area is 167 Å². The van der Waals surface area contributed by atoms with Crippen LogP contribution in [0.25, 0.3) is 11.1 Å². The highest BCUT2D eigenvalue weighted by Crippen LogP contribution is 2.44. The number of alkyl halides is 3. The van der Waals surface area contributed by atoms with Crippen molar-refractivity contribution in [2.45, 2.75) is 6.18 Å². The standard InChI is InChI=1S/C15H10ClF3N2O.CCl2S/c16-11-7-9(20)6-10(15(17,18)19)14(11)8-1-2-13-12(5-8)21-3-4-22-13;2-1(3)4/h1-3,5-7H,4,20H2;. The molecule has 0 unspecified atom stereocenters. The van der Waals surface area contributed by atoms with Crippen LogP contribution in [0.1, 0.15) is 5.56 Å². The van der Waals surface area contributed by atoms with Crippen LogP contribution in [0, 0.1) is 0 Å². The van der Waals surface area contributed by atoms with Gasteiger partial charge in [-0.15, -0.1) is 0 Å². The number of thiocarbonyl (C=S) groups is 1. The van der Waals surface area contributed by atoms with Gasteiger partial charge >= 0.3 is 6.18 Å². The molecule has 0 fully saturated rings. The molecule has 2 N–H and O–H groups in total. The molecule has 1 aliphatic rings. The molecule has 0 spiro atoms. The monoisotopic (exact) mass is 440 g/mol. The van der Waals surface area contributed by atoms with Gasteiger partial charge in [0, 0.05) is 17.5 Å². The minimum absolute atomic E-state index is 0.0413. The number of hydrogen-bond donors (Lipinski definition) is 1. The highest BCUT2D eigenvalue weighted by atomic mass is 35.5. The zero-order valence-corrected chi connectivity index (χ0v) is 15.9. The van der Waals surface area contributed by atoms with Crippen molar-refractivity contribution in [1.29, 1.82) is 0 Å². The topological polar surface area (TPSA) is 47.6 Å². The SMILES string of the molecule is Nc1cc(Cl)c(-c2ccc3c(c2)N=CCO3)c(C(F)(F)F)c1.S=C(Cl)Cl. The van der Waals surface area contributed by atoms with Gasteiger partial charge in [-0.2, -0.15) is 13.2 Å². The third kappa shape index (κ3) is 5.23. The Morgan fingerprint density at radius 3 is 2.46 bits per heavy atom. The largest absolute Gasteiger partial charge is 0.486 e. The molecule has 0 saturated carbocycles. The summed E-state index contributed by atoms with van der Waals surface area (Å²) in [6, 6.07) is 6.78. The second-order valence-electron chi connectivity index (χ2n) is 4.95. The van der Waals surface area contributed by atoms with Gasteiger partial charge in [0.15, 0.2) is 3.78 Å². The van der Waals surface area contributed by atoms with E-state index in [0.717, 1.165) is 6.07 Å². The third-order valence-corrected chi connectivity index (χ3v) is 3.51. The Bertz CT molecular complexity index is 869. The Hall–Kier alpha value is -1.54.